The largest absolute Gasteiger partial charge is 0.459 e. The first-order valence-corrected chi connectivity index (χ1v) is 7.48. The van der Waals surface area contributed by atoms with E-state index in [0.29, 0.717) is 17.6 Å². The van der Waals surface area contributed by atoms with Crippen LogP contribution in [0.3, 0.4) is 0 Å². The predicted molar refractivity (Wildman–Crippen MR) is 84.6 cm³/mol. The lowest BCUT2D eigenvalue weighted by atomic mass is 10.2. The number of aromatic nitrogens is 2. The van der Waals surface area contributed by atoms with Gasteiger partial charge in [-0.2, -0.15) is 0 Å². The maximum Gasteiger partial charge on any atom is 0.316 e. The molecule has 1 N–H and O–H groups in total. The average molecular weight is 306 g/mol. The molecular formula is C16H20ClN3O. The molecule has 21 heavy (non-hydrogen) atoms. The summed E-state index contributed by atoms with van der Waals surface area (Å²) in [6.45, 7) is 6.25. The smallest absolute Gasteiger partial charge is 0.316 e. The number of aryl methyl sites for hydroxylation is 1. The summed E-state index contributed by atoms with van der Waals surface area (Å²) in [5.74, 6) is 0. The van der Waals surface area contributed by atoms with Crippen molar-refractivity contribution in [2.75, 3.05) is 6.54 Å². The van der Waals surface area contributed by atoms with Gasteiger partial charge in [-0.3, -0.25) is 0 Å². The summed E-state index contributed by atoms with van der Waals surface area (Å²) >= 11 is 6.09. The van der Waals surface area contributed by atoms with Crippen LogP contribution in [0.15, 0.2) is 30.5 Å². The highest BCUT2D eigenvalue weighted by Crippen LogP contribution is 2.17. The van der Waals surface area contributed by atoms with E-state index in [4.69, 9.17) is 16.3 Å². The maximum atomic E-state index is 6.09. The van der Waals surface area contributed by atoms with Crippen LogP contribution in [0.2, 0.25) is 5.02 Å². The van der Waals surface area contributed by atoms with Crippen LogP contribution in [0.1, 0.15) is 30.2 Å². The van der Waals surface area contributed by atoms with E-state index in [1.807, 2.05) is 37.4 Å². The van der Waals surface area contributed by atoms with E-state index in [1.54, 1.807) is 0 Å². The van der Waals surface area contributed by atoms with Gasteiger partial charge < -0.3 is 10.1 Å². The van der Waals surface area contributed by atoms with Gasteiger partial charge in [-0.15, -0.1) is 0 Å². The van der Waals surface area contributed by atoms with Gasteiger partial charge in [0.25, 0.3) is 0 Å². The summed E-state index contributed by atoms with van der Waals surface area (Å²) in [6, 6.07) is 7.98. The molecule has 0 aliphatic carbocycles. The molecule has 0 aliphatic heterocycles. The number of rotatable bonds is 7. The van der Waals surface area contributed by atoms with Crippen LogP contribution < -0.4 is 10.1 Å². The van der Waals surface area contributed by atoms with Gasteiger partial charge in [0, 0.05) is 34.6 Å². The van der Waals surface area contributed by atoms with Crippen LogP contribution >= 0.6 is 11.6 Å². The van der Waals surface area contributed by atoms with Crippen LogP contribution in [0.5, 0.6) is 6.01 Å². The fourth-order valence-electron chi connectivity index (χ4n) is 1.87. The van der Waals surface area contributed by atoms with E-state index in [-0.39, 0.29) is 0 Å². The second-order valence-electron chi connectivity index (χ2n) is 4.82. The monoisotopic (exact) mass is 305 g/mol. The van der Waals surface area contributed by atoms with Crippen molar-refractivity contribution in [3.8, 4) is 6.01 Å². The van der Waals surface area contributed by atoms with Gasteiger partial charge in [0.2, 0.25) is 0 Å². The quantitative estimate of drug-likeness (QED) is 0.795. The molecule has 4 nitrogen and oxygen atoms in total. The Morgan fingerprint density at radius 3 is 2.76 bits per heavy atom. The Balaban J connectivity index is 1.95. The van der Waals surface area contributed by atoms with Gasteiger partial charge in [-0.05, 0) is 26.0 Å². The first kappa shape index (κ1) is 15.7. The lowest BCUT2D eigenvalue weighted by molar-refractivity contribution is 0.279. The fraction of sp³-hybridized carbons (Fsp3) is 0.375. The molecular weight excluding hydrogens is 286 g/mol. The summed E-state index contributed by atoms with van der Waals surface area (Å²) < 4.78 is 5.61. The lowest BCUT2D eigenvalue weighted by Gasteiger charge is -2.09. The molecule has 0 aliphatic rings. The first-order chi connectivity index (χ1) is 10.2. The number of ether oxygens (including phenoxy) is 1. The van der Waals surface area contributed by atoms with E-state index in [2.05, 4.69) is 22.2 Å². The summed E-state index contributed by atoms with van der Waals surface area (Å²) in [5, 5.41) is 4.03. The summed E-state index contributed by atoms with van der Waals surface area (Å²) in [7, 11) is 0. The Bertz CT molecular complexity index is 589. The standard InChI is InChI=1S/C16H20ClN3O/c1-3-8-18-9-14-10-19-16(20-12(14)2)21-11-13-6-4-5-7-15(13)17/h4-7,10,18H,3,8-9,11H2,1-2H3. The minimum absolute atomic E-state index is 0.368. The van der Waals surface area contributed by atoms with Gasteiger partial charge in [0.05, 0.1) is 0 Å². The molecule has 2 rings (SSSR count). The third-order valence-corrected chi connectivity index (χ3v) is 3.48. The molecule has 112 valence electrons. The number of hydrogen-bond donors (Lipinski definition) is 1. The first-order valence-electron chi connectivity index (χ1n) is 7.10. The lowest BCUT2D eigenvalue weighted by Crippen LogP contribution is -2.15. The van der Waals surface area contributed by atoms with Crippen molar-refractivity contribution in [1.29, 1.82) is 0 Å². The molecule has 0 unspecified atom stereocenters. The number of nitrogens with zero attached hydrogens (tertiary/aromatic N) is 2. The Labute approximate surface area is 130 Å². The topological polar surface area (TPSA) is 47.0 Å². The third-order valence-electron chi connectivity index (χ3n) is 3.12. The normalized spacial score (nSPS) is 10.6. The minimum atomic E-state index is 0.368. The van der Waals surface area contributed by atoms with Crippen LogP contribution in [-0.4, -0.2) is 16.5 Å². The Morgan fingerprint density at radius 1 is 1.24 bits per heavy atom. The van der Waals surface area contributed by atoms with Crippen LogP contribution in [-0.2, 0) is 13.2 Å². The van der Waals surface area contributed by atoms with Crippen LogP contribution in [0.4, 0.5) is 0 Å². The van der Waals surface area contributed by atoms with Crippen molar-refractivity contribution >= 4 is 11.6 Å². The van der Waals surface area contributed by atoms with E-state index in [1.165, 1.54) is 0 Å². The second-order valence-corrected chi connectivity index (χ2v) is 5.23. The SMILES string of the molecule is CCCNCc1cnc(OCc2ccccc2Cl)nc1C. The molecule has 0 saturated heterocycles. The van der Waals surface area contributed by atoms with E-state index in [0.717, 1.165) is 36.3 Å². The minimum Gasteiger partial charge on any atom is -0.459 e. The molecule has 0 amide bonds. The predicted octanol–water partition coefficient (Wildman–Crippen LogP) is 3.52. The van der Waals surface area contributed by atoms with Crippen LogP contribution in [0, 0.1) is 6.92 Å². The van der Waals surface area contributed by atoms with Crippen LogP contribution in [0.25, 0.3) is 0 Å². The van der Waals surface area contributed by atoms with E-state index in [9.17, 15) is 0 Å². The molecule has 0 saturated carbocycles. The number of hydrogen-bond acceptors (Lipinski definition) is 4. The molecule has 0 fully saturated rings. The van der Waals surface area contributed by atoms with E-state index < -0.39 is 0 Å². The van der Waals surface area contributed by atoms with Crippen molar-refractivity contribution in [2.45, 2.75) is 33.4 Å². The molecule has 0 radical (unpaired) electrons. The number of benzene rings is 1. The zero-order valence-electron chi connectivity index (χ0n) is 12.4. The number of halogens is 1. The maximum absolute atomic E-state index is 6.09. The zero-order valence-corrected chi connectivity index (χ0v) is 13.2. The Hall–Kier alpha value is -1.65. The highest BCUT2D eigenvalue weighted by atomic mass is 35.5. The molecule has 0 spiro atoms. The molecule has 1 aromatic heterocycles. The van der Waals surface area contributed by atoms with Gasteiger partial charge >= 0.3 is 6.01 Å². The van der Waals surface area contributed by atoms with Gasteiger partial charge in [0.15, 0.2) is 0 Å². The Kier molecular flexibility index (Phi) is 5.96. The molecule has 0 bridgehead atoms. The number of nitrogens with one attached hydrogen (secondary N) is 1. The summed E-state index contributed by atoms with van der Waals surface area (Å²) in [5.41, 5.74) is 2.95. The second kappa shape index (κ2) is 7.96. The van der Waals surface area contributed by atoms with Crippen molar-refractivity contribution in [2.24, 2.45) is 0 Å². The summed E-state index contributed by atoms with van der Waals surface area (Å²) in [6.07, 6.45) is 2.92. The molecule has 1 aromatic carbocycles. The Morgan fingerprint density at radius 2 is 2.05 bits per heavy atom. The molecule has 0 atom stereocenters. The third kappa shape index (κ3) is 4.69. The van der Waals surface area contributed by atoms with Crippen molar-refractivity contribution in [3.63, 3.8) is 0 Å². The summed E-state index contributed by atoms with van der Waals surface area (Å²) in [4.78, 5) is 8.63. The van der Waals surface area contributed by atoms with E-state index >= 15 is 0 Å². The van der Waals surface area contributed by atoms with Crippen molar-refractivity contribution in [3.05, 3.63) is 52.3 Å². The van der Waals surface area contributed by atoms with Gasteiger partial charge in [0.1, 0.15) is 6.61 Å². The zero-order chi connectivity index (χ0) is 15.1. The highest BCUT2D eigenvalue weighted by Gasteiger charge is 2.06. The van der Waals surface area contributed by atoms with Crippen molar-refractivity contribution in [1.82, 2.24) is 15.3 Å². The fourth-order valence-corrected chi connectivity index (χ4v) is 2.06. The molecule has 1 heterocycles. The molecule has 2 aromatic rings. The average Bonchev–Trinajstić information content (AvgIpc) is 2.49. The molecule has 5 heteroatoms. The van der Waals surface area contributed by atoms with Gasteiger partial charge in [-0.25, -0.2) is 9.97 Å². The van der Waals surface area contributed by atoms with Crippen molar-refractivity contribution < 1.29 is 4.74 Å². The highest BCUT2D eigenvalue weighted by molar-refractivity contribution is 6.31. The van der Waals surface area contributed by atoms with Gasteiger partial charge in [-0.1, -0.05) is 36.7 Å².